The van der Waals surface area contributed by atoms with E-state index in [0.29, 0.717) is 29.7 Å². The van der Waals surface area contributed by atoms with E-state index in [0.717, 1.165) is 6.07 Å². The van der Waals surface area contributed by atoms with E-state index in [9.17, 15) is 14.7 Å². The van der Waals surface area contributed by atoms with Crippen LogP contribution in [0.25, 0.3) is 0 Å². The largest absolute Gasteiger partial charge is 0.480 e. The number of thiazole rings is 1. The highest BCUT2D eigenvalue weighted by atomic mass is 35.5. The molecule has 180 valence electrons. The molecular weight excluding hydrogens is 487 g/mol. The van der Waals surface area contributed by atoms with Gasteiger partial charge in [0.1, 0.15) is 17.9 Å². The Hall–Kier alpha value is -2.86. The molecule has 12 heteroatoms. The highest BCUT2D eigenvalue weighted by molar-refractivity contribution is 7.11. The van der Waals surface area contributed by atoms with Crippen molar-refractivity contribution >= 4 is 40.7 Å². The Labute approximate surface area is 203 Å². The smallest absolute Gasteiger partial charge is 0.338 e. The number of carboxylic acid groups (broad SMARTS) is 1. The first-order valence-corrected chi connectivity index (χ1v) is 11.8. The van der Waals surface area contributed by atoms with Gasteiger partial charge in [0, 0.05) is 40.9 Å². The predicted octanol–water partition coefficient (Wildman–Crippen LogP) is 2.63. The molecule has 9 nitrogen and oxygen atoms in total. The first kappa shape index (κ1) is 24.3. The number of amidine groups is 1. The average Bonchev–Trinajstić information content (AvgIpc) is 3.34. The van der Waals surface area contributed by atoms with Crippen LogP contribution in [-0.2, 0) is 19.1 Å². The number of rotatable bonds is 7. The Kier molecular flexibility index (Phi) is 7.57. The summed E-state index contributed by atoms with van der Waals surface area (Å²) < 4.78 is 25.6. The summed E-state index contributed by atoms with van der Waals surface area (Å²) in [6, 6.07) is 2.20. The molecule has 34 heavy (non-hydrogen) atoms. The second kappa shape index (κ2) is 10.6. The summed E-state index contributed by atoms with van der Waals surface area (Å²) in [6.07, 6.45) is 1.61. The number of nitrogens with one attached hydrogen (secondary N) is 1. The SMILES string of the molecule is CCOC(=O)C1=C(CN2CCOC[C@H]2C(=O)O)NC(c2nccs2)=N[C@H]1c1ccc(Cl)cc1F. The highest BCUT2D eigenvalue weighted by Crippen LogP contribution is 2.35. The van der Waals surface area contributed by atoms with Crippen molar-refractivity contribution in [2.75, 3.05) is 32.9 Å². The highest BCUT2D eigenvalue weighted by Gasteiger charge is 2.37. The molecule has 0 radical (unpaired) electrons. The van der Waals surface area contributed by atoms with E-state index >= 15 is 4.39 Å². The van der Waals surface area contributed by atoms with Crippen molar-refractivity contribution in [3.8, 4) is 0 Å². The number of carboxylic acids is 1. The first-order valence-electron chi connectivity index (χ1n) is 10.5. The number of halogens is 2. The lowest BCUT2D eigenvalue weighted by molar-refractivity contribution is -0.149. The van der Waals surface area contributed by atoms with E-state index < -0.39 is 29.8 Å². The minimum absolute atomic E-state index is 0.0139. The standard InChI is InChI=1S/C22H22ClFN4O5S/c1-2-33-22(31)17-15(10-28-6-7-32-11-16(28)21(29)30)26-19(20-25-5-8-34-20)27-18(17)13-4-3-12(23)9-14(13)24/h3-5,8-9,16,18H,2,6-7,10-11H2,1H3,(H,26,27)(H,29,30)/t16-,18-/m0/s1. The van der Waals surface area contributed by atoms with Crippen molar-refractivity contribution in [1.82, 2.24) is 15.2 Å². The van der Waals surface area contributed by atoms with Crippen molar-refractivity contribution in [3.63, 3.8) is 0 Å². The van der Waals surface area contributed by atoms with Gasteiger partial charge in [0.25, 0.3) is 0 Å². The van der Waals surface area contributed by atoms with Crippen LogP contribution in [0.5, 0.6) is 0 Å². The monoisotopic (exact) mass is 508 g/mol. The Morgan fingerprint density at radius 3 is 2.94 bits per heavy atom. The van der Waals surface area contributed by atoms with Crippen molar-refractivity contribution in [1.29, 1.82) is 0 Å². The first-order chi connectivity index (χ1) is 16.4. The molecule has 4 rings (SSSR count). The maximum atomic E-state index is 15.0. The van der Waals surface area contributed by atoms with Crippen LogP contribution in [-0.4, -0.2) is 71.7 Å². The van der Waals surface area contributed by atoms with E-state index in [4.69, 9.17) is 21.1 Å². The molecule has 0 spiro atoms. The number of benzene rings is 1. The third-order valence-electron chi connectivity index (χ3n) is 5.40. The molecule has 0 saturated carbocycles. The molecule has 3 heterocycles. The molecule has 0 bridgehead atoms. The second-order valence-electron chi connectivity index (χ2n) is 7.52. The fourth-order valence-electron chi connectivity index (χ4n) is 3.82. The zero-order chi connectivity index (χ0) is 24.2. The summed E-state index contributed by atoms with van der Waals surface area (Å²) in [5, 5.41) is 15.3. The number of hydrogen-bond acceptors (Lipinski definition) is 9. The number of morpholine rings is 1. The van der Waals surface area contributed by atoms with Crippen LogP contribution in [0.2, 0.25) is 5.02 Å². The summed E-state index contributed by atoms with van der Waals surface area (Å²) in [4.78, 5) is 35.5. The van der Waals surface area contributed by atoms with Crippen LogP contribution < -0.4 is 5.32 Å². The fourth-order valence-corrected chi connectivity index (χ4v) is 4.57. The van der Waals surface area contributed by atoms with Gasteiger partial charge in [-0.1, -0.05) is 17.7 Å². The van der Waals surface area contributed by atoms with Crippen molar-refractivity contribution < 1.29 is 28.6 Å². The van der Waals surface area contributed by atoms with Gasteiger partial charge in [-0.2, -0.15) is 0 Å². The minimum Gasteiger partial charge on any atom is -0.480 e. The number of aliphatic imine (C=N–C) groups is 1. The topological polar surface area (TPSA) is 113 Å². The third-order valence-corrected chi connectivity index (χ3v) is 6.41. The van der Waals surface area contributed by atoms with Gasteiger partial charge in [-0.05, 0) is 19.1 Å². The molecule has 2 N–H and O–H groups in total. The van der Waals surface area contributed by atoms with Gasteiger partial charge in [-0.3, -0.25) is 14.7 Å². The van der Waals surface area contributed by atoms with Gasteiger partial charge in [0.2, 0.25) is 0 Å². The van der Waals surface area contributed by atoms with Crippen molar-refractivity contribution in [2.45, 2.75) is 19.0 Å². The van der Waals surface area contributed by atoms with Gasteiger partial charge in [-0.25, -0.2) is 14.2 Å². The van der Waals surface area contributed by atoms with E-state index in [1.807, 2.05) is 0 Å². The molecule has 0 aliphatic carbocycles. The Morgan fingerprint density at radius 2 is 2.26 bits per heavy atom. The second-order valence-corrected chi connectivity index (χ2v) is 8.85. The van der Waals surface area contributed by atoms with Crippen LogP contribution >= 0.6 is 22.9 Å². The van der Waals surface area contributed by atoms with Gasteiger partial charge < -0.3 is 19.9 Å². The number of aliphatic carboxylic acids is 1. The maximum Gasteiger partial charge on any atom is 0.338 e. The van der Waals surface area contributed by atoms with Gasteiger partial charge >= 0.3 is 11.9 Å². The third kappa shape index (κ3) is 5.12. The fraction of sp³-hybridized carbons (Fsp3) is 0.364. The maximum absolute atomic E-state index is 15.0. The number of aromatic nitrogens is 1. The summed E-state index contributed by atoms with van der Waals surface area (Å²) in [6.45, 7) is 2.52. The molecule has 0 unspecified atom stereocenters. The average molecular weight is 509 g/mol. The van der Waals surface area contributed by atoms with Gasteiger partial charge in [0.05, 0.1) is 25.4 Å². The predicted molar refractivity (Wildman–Crippen MR) is 123 cm³/mol. The molecular formula is C22H22ClFN4O5S. The zero-order valence-electron chi connectivity index (χ0n) is 18.2. The van der Waals surface area contributed by atoms with Crippen LogP contribution in [0, 0.1) is 5.82 Å². The summed E-state index contributed by atoms with van der Waals surface area (Å²) in [5.74, 6) is -2.00. The van der Waals surface area contributed by atoms with Crippen LogP contribution in [0.4, 0.5) is 4.39 Å². The van der Waals surface area contributed by atoms with E-state index in [-0.39, 0.29) is 35.9 Å². The molecule has 1 aromatic heterocycles. The lowest BCUT2D eigenvalue weighted by Gasteiger charge is -2.35. The van der Waals surface area contributed by atoms with E-state index in [1.54, 1.807) is 23.4 Å². The molecule has 1 fully saturated rings. The van der Waals surface area contributed by atoms with Gasteiger partial charge in [-0.15, -0.1) is 11.3 Å². The number of carbonyl (C=O) groups excluding carboxylic acids is 1. The van der Waals surface area contributed by atoms with Crippen LogP contribution in [0.15, 0.2) is 46.0 Å². The molecule has 2 aromatic rings. The zero-order valence-corrected chi connectivity index (χ0v) is 19.7. The Balaban J connectivity index is 1.83. The molecule has 2 aliphatic heterocycles. The number of esters is 1. The number of ether oxygens (including phenoxy) is 2. The molecule has 0 amide bonds. The lowest BCUT2D eigenvalue weighted by atomic mass is 9.94. The summed E-state index contributed by atoms with van der Waals surface area (Å²) in [7, 11) is 0. The molecule has 1 aromatic carbocycles. The van der Waals surface area contributed by atoms with Crippen molar-refractivity contribution in [2.24, 2.45) is 4.99 Å². The van der Waals surface area contributed by atoms with Gasteiger partial charge in [0.15, 0.2) is 10.8 Å². The Bertz CT molecular complexity index is 1140. The number of carbonyl (C=O) groups is 2. The Morgan fingerprint density at radius 1 is 1.44 bits per heavy atom. The number of hydrogen-bond donors (Lipinski definition) is 2. The quantitative estimate of drug-likeness (QED) is 0.549. The minimum atomic E-state index is -1.05. The van der Waals surface area contributed by atoms with Crippen molar-refractivity contribution in [3.05, 3.63) is 62.5 Å². The molecule has 2 aliphatic rings. The van der Waals surface area contributed by atoms with E-state index in [2.05, 4.69) is 15.3 Å². The molecule has 1 saturated heterocycles. The summed E-state index contributed by atoms with van der Waals surface area (Å²) >= 11 is 7.26. The van der Waals surface area contributed by atoms with Crippen LogP contribution in [0.3, 0.4) is 0 Å². The lowest BCUT2D eigenvalue weighted by Crippen LogP contribution is -2.52. The normalized spacial score (nSPS) is 21.1. The summed E-state index contributed by atoms with van der Waals surface area (Å²) in [5.41, 5.74) is 0.599. The van der Waals surface area contributed by atoms with Crippen LogP contribution in [0.1, 0.15) is 23.5 Å². The molecule has 2 atom stereocenters. The number of nitrogens with zero attached hydrogens (tertiary/aromatic N) is 3. The van der Waals surface area contributed by atoms with E-state index in [1.165, 1.54) is 23.5 Å².